The first-order valence-corrected chi connectivity index (χ1v) is 11.5. The Morgan fingerprint density at radius 2 is 1.59 bits per heavy atom. The fraction of sp³-hybridized carbons (Fsp3) is 0.107. The number of thiazole rings is 1. The highest BCUT2D eigenvalue weighted by molar-refractivity contribution is 7.21. The number of aromatic nitrogens is 1. The Bertz CT molecular complexity index is 1310. The van der Waals surface area contributed by atoms with Crippen LogP contribution in [0.1, 0.15) is 16.7 Å². The topological polar surface area (TPSA) is 34.2 Å². The van der Waals surface area contributed by atoms with Crippen LogP contribution in [-0.4, -0.2) is 4.98 Å². The van der Waals surface area contributed by atoms with Gasteiger partial charge in [0.25, 0.3) is 0 Å². The van der Waals surface area contributed by atoms with E-state index in [4.69, 9.17) is 9.72 Å². The summed E-state index contributed by atoms with van der Waals surface area (Å²) >= 11 is 1.74. The molecular weight excluding hydrogens is 412 g/mol. The van der Waals surface area contributed by atoms with Crippen molar-refractivity contribution in [3.05, 3.63) is 114 Å². The smallest absolute Gasteiger partial charge is 0.124 e. The highest BCUT2D eigenvalue weighted by Gasteiger charge is 2.06. The molecule has 0 fully saturated rings. The lowest BCUT2D eigenvalue weighted by atomic mass is 10.2. The molecule has 0 aliphatic rings. The van der Waals surface area contributed by atoms with Crippen molar-refractivity contribution in [1.82, 2.24) is 4.98 Å². The molecule has 0 saturated heterocycles. The third-order valence-electron chi connectivity index (χ3n) is 5.34. The molecule has 5 rings (SSSR count). The van der Waals surface area contributed by atoms with Gasteiger partial charge in [-0.15, -0.1) is 11.3 Å². The summed E-state index contributed by atoms with van der Waals surface area (Å²) in [6.45, 7) is 3.46. The van der Waals surface area contributed by atoms with Crippen LogP contribution < -0.4 is 10.1 Å². The van der Waals surface area contributed by atoms with Crippen LogP contribution in [0.15, 0.2) is 97.1 Å². The molecule has 3 nitrogen and oxygen atoms in total. The maximum atomic E-state index is 5.87. The van der Waals surface area contributed by atoms with E-state index < -0.39 is 0 Å². The maximum absolute atomic E-state index is 5.87. The lowest BCUT2D eigenvalue weighted by molar-refractivity contribution is 0.306. The maximum Gasteiger partial charge on any atom is 0.124 e. The van der Waals surface area contributed by atoms with Crippen molar-refractivity contribution in [2.24, 2.45) is 0 Å². The van der Waals surface area contributed by atoms with Crippen molar-refractivity contribution in [1.29, 1.82) is 0 Å². The summed E-state index contributed by atoms with van der Waals surface area (Å²) in [6.07, 6.45) is 0. The number of nitrogens with zero attached hydrogens (tertiary/aromatic N) is 1. The molecule has 0 aliphatic heterocycles. The molecule has 1 N–H and O–H groups in total. The number of hydrogen-bond donors (Lipinski definition) is 1. The van der Waals surface area contributed by atoms with Crippen molar-refractivity contribution in [2.75, 3.05) is 5.32 Å². The molecule has 0 saturated carbocycles. The number of ether oxygens (including phenoxy) is 1. The van der Waals surface area contributed by atoms with Crippen molar-refractivity contribution in [2.45, 2.75) is 20.1 Å². The highest BCUT2D eigenvalue weighted by atomic mass is 32.1. The number of aryl methyl sites for hydroxylation is 1. The zero-order valence-corrected chi connectivity index (χ0v) is 18.7. The third kappa shape index (κ3) is 4.82. The van der Waals surface area contributed by atoms with E-state index in [9.17, 15) is 0 Å². The van der Waals surface area contributed by atoms with Gasteiger partial charge < -0.3 is 10.1 Å². The Hall–Kier alpha value is -3.63. The molecule has 0 spiro atoms. The van der Waals surface area contributed by atoms with E-state index in [-0.39, 0.29) is 0 Å². The Morgan fingerprint density at radius 1 is 0.812 bits per heavy atom. The molecule has 0 amide bonds. The summed E-state index contributed by atoms with van der Waals surface area (Å²) in [4.78, 5) is 4.78. The van der Waals surface area contributed by atoms with Gasteiger partial charge in [0, 0.05) is 17.8 Å². The number of anilines is 1. The minimum absolute atomic E-state index is 0.582. The molecule has 1 heterocycles. The van der Waals surface area contributed by atoms with Gasteiger partial charge in [0.05, 0.1) is 10.2 Å². The number of rotatable bonds is 7. The van der Waals surface area contributed by atoms with Crippen molar-refractivity contribution in [3.8, 4) is 16.3 Å². The van der Waals surface area contributed by atoms with Crippen LogP contribution in [0.2, 0.25) is 0 Å². The summed E-state index contributed by atoms with van der Waals surface area (Å²) in [5.74, 6) is 0.882. The quantitative estimate of drug-likeness (QED) is 0.287. The average Bonchev–Trinajstić information content (AvgIpc) is 3.26. The summed E-state index contributed by atoms with van der Waals surface area (Å²) in [6, 6.07) is 33.4. The second-order valence-corrected chi connectivity index (χ2v) is 8.87. The van der Waals surface area contributed by atoms with Crippen LogP contribution in [0.5, 0.6) is 5.75 Å². The third-order valence-corrected chi connectivity index (χ3v) is 6.41. The first-order valence-electron chi connectivity index (χ1n) is 10.7. The number of hydrogen-bond acceptors (Lipinski definition) is 4. The second kappa shape index (κ2) is 9.25. The molecule has 1 aromatic heterocycles. The van der Waals surface area contributed by atoms with Crippen molar-refractivity contribution in [3.63, 3.8) is 0 Å². The minimum atomic E-state index is 0.582. The Morgan fingerprint density at radius 3 is 2.38 bits per heavy atom. The van der Waals surface area contributed by atoms with Crippen LogP contribution in [0.25, 0.3) is 20.8 Å². The van der Waals surface area contributed by atoms with Crippen molar-refractivity contribution >= 4 is 27.2 Å². The minimum Gasteiger partial charge on any atom is -0.489 e. The van der Waals surface area contributed by atoms with E-state index in [1.54, 1.807) is 11.3 Å². The van der Waals surface area contributed by atoms with Crippen LogP contribution in [0.4, 0.5) is 5.69 Å². The van der Waals surface area contributed by atoms with Crippen LogP contribution in [0, 0.1) is 6.92 Å². The number of fused-ring (bicyclic) bond motifs is 1. The summed E-state index contributed by atoms with van der Waals surface area (Å²) in [5, 5.41) is 4.55. The van der Waals surface area contributed by atoms with Crippen LogP contribution >= 0.6 is 11.3 Å². The predicted molar refractivity (Wildman–Crippen MR) is 134 cm³/mol. The van der Waals surface area contributed by atoms with Crippen molar-refractivity contribution < 1.29 is 4.74 Å². The predicted octanol–water partition coefficient (Wildman–Crippen LogP) is 7.46. The zero-order valence-electron chi connectivity index (χ0n) is 17.9. The largest absolute Gasteiger partial charge is 0.489 e. The monoisotopic (exact) mass is 436 g/mol. The second-order valence-electron chi connectivity index (χ2n) is 7.84. The van der Waals surface area contributed by atoms with Gasteiger partial charge in [-0.25, -0.2) is 4.98 Å². The van der Waals surface area contributed by atoms with Gasteiger partial charge >= 0.3 is 0 Å². The molecule has 0 bridgehead atoms. The molecule has 32 heavy (non-hydrogen) atoms. The van der Waals surface area contributed by atoms with Crippen LogP contribution in [-0.2, 0) is 13.2 Å². The Labute approximate surface area is 192 Å². The summed E-state index contributed by atoms with van der Waals surface area (Å²) in [5.41, 5.74) is 6.95. The highest BCUT2D eigenvalue weighted by Crippen LogP contribution is 2.31. The molecule has 158 valence electrons. The number of benzene rings is 4. The van der Waals surface area contributed by atoms with Gasteiger partial charge in [-0.3, -0.25) is 0 Å². The Balaban J connectivity index is 1.17. The Kier molecular flexibility index (Phi) is 5.86. The standard InChI is InChI=1S/C28H24N2OS/c1-20-7-16-26-27(17-20)32-28(30-26)23-10-12-24(13-11-23)29-18-21-8-14-25(15-9-21)31-19-22-5-3-2-4-6-22/h2-17,29H,18-19H2,1H3. The van der Waals surface area contributed by atoms with Gasteiger partial charge in [0.15, 0.2) is 0 Å². The molecule has 4 aromatic carbocycles. The van der Waals surface area contributed by atoms with Gasteiger partial charge in [0.1, 0.15) is 17.4 Å². The molecule has 4 heteroatoms. The van der Waals surface area contributed by atoms with Gasteiger partial charge in [0.2, 0.25) is 0 Å². The summed E-state index contributed by atoms with van der Waals surface area (Å²) in [7, 11) is 0. The van der Waals surface area contributed by atoms with E-state index >= 15 is 0 Å². The fourth-order valence-electron chi connectivity index (χ4n) is 3.53. The van der Waals surface area contributed by atoms with E-state index in [0.717, 1.165) is 34.1 Å². The average molecular weight is 437 g/mol. The first kappa shape index (κ1) is 20.3. The van der Waals surface area contributed by atoms with Gasteiger partial charge in [-0.05, 0) is 72.1 Å². The molecule has 0 radical (unpaired) electrons. The number of nitrogens with one attached hydrogen (secondary N) is 1. The fourth-order valence-corrected chi connectivity index (χ4v) is 4.60. The molecule has 0 atom stereocenters. The lowest BCUT2D eigenvalue weighted by Gasteiger charge is -2.09. The van der Waals surface area contributed by atoms with Gasteiger partial charge in [-0.2, -0.15) is 0 Å². The van der Waals surface area contributed by atoms with E-state index in [0.29, 0.717) is 6.61 Å². The molecule has 5 aromatic rings. The molecule has 0 unspecified atom stereocenters. The van der Waals surface area contributed by atoms with E-state index in [1.807, 2.05) is 30.3 Å². The normalized spacial score (nSPS) is 10.9. The van der Waals surface area contributed by atoms with E-state index in [1.165, 1.54) is 21.4 Å². The van der Waals surface area contributed by atoms with E-state index in [2.05, 4.69) is 79.0 Å². The zero-order chi connectivity index (χ0) is 21.8. The summed E-state index contributed by atoms with van der Waals surface area (Å²) < 4.78 is 7.10. The first-order chi connectivity index (χ1) is 15.7. The lowest BCUT2D eigenvalue weighted by Crippen LogP contribution is -2.00. The molecule has 0 aliphatic carbocycles. The SMILES string of the molecule is Cc1ccc2nc(-c3ccc(NCc4ccc(OCc5ccccc5)cc4)cc3)sc2c1. The van der Waals surface area contributed by atoms with Gasteiger partial charge in [-0.1, -0.05) is 48.5 Å². The molecular formula is C28H24N2OS. The van der Waals surface area contributed by atoms with Crippen LogP contribution in [0.3, 0.4) is 0 Å².